The third-order valence-electron chi connectivity index (χ3n) is 1.74. The monoisotopic (exact) mass is 238 g/mol. The van der Waals surface area contributed by atoms with Gasteiger partial charge in [-0.05, 0) is 11.6 Å². The van der Waals surface area contributed by atoms with Crippen molar-refractivity contribution in [3.8, 4) is 0 Å². The molecule has 0 amide bonds. The molecule has 1 aromatic heterocycles. The first-order valence-electron chi connectivity index (χ1n) is 3.39. The summed E-state index contributed by atoms with van der Waals surface area (Å²) in [6.45, 7) is 0. The van der Waals surface area contributed by atoms with Crippen LogP contribution in [0.1, 0.15) is 11.3 Å². The first-order chi connectivity index (χ1) is 5.98. The van der Waals surface area contributed by atoms with Gasteiger partial charge in [-0.3, -0.25) is 0 Å². The molecule has 0 aliphatic carbocycles. The lowest BCUT2D eigenvalue weighted by Gasteiger charge is -1.97. The maximum atomic E-state index is 11.2. The van der Waals surface area contributed by atoms with Crippen molar-refractivity contribution in [2.24, 2.45) is 0 Å². The topological polar surface area (TPSA) is 59.9 Å². The van der Waals surface area contributed by atoms with Gasteiger partial charge in [0, 0.05) is 5.56 Å². The number of rotatable bonds is 0. The summed E-state index contributed by atoms with van der Waals surface area (Å²) in [6, 6.07) is 0. The molecule has 0 bridgehead atoms. The van der Waals surface area contributed by atoms with Crippen LogP contribution >= 0.6 is 23.2 Å². The summed E-state index contributed by atoms with van der Waals surface area (Å²) in [5.41, 5.74) is 0.899. The number of nitrogens with zero attached hydrogens (tertiary/aromatic N) is 2. The van der Waals surface area contributed by atoms with Crippen LogP contribution in [0, 0.1) is 0 Å². The Balaban J connectivity index is 2.64. The van der Waals surface area contributed by atoms with Gasteiger partial charge in [0.15, 0.2) is 9.84 Å². The molecule has 4 nitrogen and oxygen atoms in total. The number of fused-ring (bicyclic) bond motifs is 1. The van der Waals surface area contributed by atoms with E-state index in [1.807, 2.05) is 0 Å². The van der Waals surface area contributed by atoms with Gasteiger partial charge in [-0.15, -0.1) is 0 Å². The van der Waals surface area contributed by atoms with Gasteiger partial charge in [0.2, 0.25) is 5.28 Å². The second-order valence-corrected chi connectivity index (χ2v) is 5.50. The van der Waals surface area contributed by atoms with E-state index >= 15 is 0 Å². The van der Waals surface area contributed by atoms with Crippen molar-refractivity contribution in [1.29, 1.82) is 0 Å². The quantitative estimate of drug-likeness (QED) is 0.504. The van der Waals surface area contributed by atoms with Gasteiger partial charge in [-0.2, -0.15) is 0 Å². The smallest absolute Gasteiger partial charge is 0.224 e. The molecule has 1 aliphatic rings. The molecule has 0 atom stereocenters. The highest BCUT2D eigenvalue weighted by Crippen LogP contribution is 2.29. The molecule has 13 heavy (non-hydrogen) atoms. The van der Waals surface area contributed by atoms with Gasteiger partial charge in [-0.25, -0.2) is 18.4 Å². The summed E-state index contributed by atoms with van der Waals surface area (Å²) in [6.07, 6.45) is 0. The van der Waals surface area contributed by atoms with Gasteiger partial charge < -0.3 is 0 Å². The van der Waals surface area contributed by atoms with Crippen molar-refractivity contribution in [1.82, 2.24) is 9.97 Å². The normalized spacial score (nSPS) is 18.6. The Labute approximate surface area is 84.8 Å². The molecule has 0 radical (unpaired) electrons. The SMILES string of the molecule is O=S1(=O)Cc2nc(Cl)nc(Cl)c2C1. The fourth-order valence-corrected chi connectivity index (χ4v) is 3.28. The molecule has 0 saturated carbocycles. The Morgan fingerprint density at radius 1 is 1.15 bits per heavy atom. The number of hydrogen-bond acceptors (Lipinski definition) is 4. The Morgan fingerprint density at radius 3 is 2.54 bits per heavy atom. The Bertz CT molecular complexity index is 472. The van der Waals surface area contributed by atoms with E-state index in [1.54, 1.807) is 0 Å². The summed E-state index contributed by atoms with van der Waals surface area (Å²) >= 11 is 11.2. The zero-order valence-corrected chi connectivity index (χ0v) is 8.62. The van der Waals surface area contributed by atoms with Crippen LogP contribution in [-0.2, 0) is 21.3 Å². The van der Waals surface area contributed by atoms with Gasteiger partial charge in [0.1, 0.15) is 5.15 Å². The van der Waals surface area contributed by atoms with E-state index in [4.69, 9.17) is 23.2 Å². The zero-order chi connectivity index (χ0) is 9.64. The van der Waals surface area contributed by atoms with Crippen molar-refractivity contribution in [2.75, 3.05) is 0 Å². The van der Waals surface area contributed by atoms with Crippen LogP contribution in [0.4, 0.5) is 0 Å². The summed E-state index contributed by atoms with van der Waals surface area (Å²) in [4.78, 5) is 7.47. The molecular formula is C6H4Cl2N2O2S. The summed E-state index contributed by atoms with van der Waals surface area (Å²) in [5.74, 6) is -0.178. The van der Waals surface area contributed by atoms with E-state index in [-0.39, 0.29) is 21.9 Å². The average molecular weight is 239 g/mol. The second-order valence-electron chi connectivity index (χ2n) is 2.74. The van der Waals surface area contributed by atoms with Crippen LogP contribution in [0.25, 0.3) is 0 Å². The van der Waals surface area contributed by atoms with E-state index in [0.717, 1.165) is 0 Å². The lowest BCUT2D eigenvalue weighted by Crippen LogP contribution is -1.96. The minimum atomic E-state index is -3.09. The lowest BCUT2D eigenvalue weighted by molar-refractivity contribution is 0.597. The highest BCUT2D eigenvalue weighted by atomic mass is 35.5. The molecule has 0 fully saturated rings. The van der Waals surface area contributed by atoms with Gasteiger partial charge >= 0.3 is 0 Å². The standard InChI is InChI=1S/C6H4Cl2N2O2S/c7-5-3-1-13(11,12)2-4(3)9-6(8)10-5/h1-2H2. The first kappa shape index (κ1) is 9.18. The van der Waals surface area contributed by atoms with Crippen LogP contribution in [0.2, 0.25) is 10.4 Å². The minimum absolute atomic E-state index is 0.0131. The van der Waals surface area contributed by atoms with E-state index in [1.165, 1.54) is 0 Å². The lowest BCUT2D eigenvalue weighted by atomic mass is 10.3. The number of halogens is 2. The molecule has 1 aliphatic heterocycles. The number of aromatic nitrogens is 2. The highest BCUT2D eigenvalue weighted by molar-refractivity contribution is 7.90. The molecular weight excluding hydrogens is 235 g/mol. The predicted molar refractivity (Wildman–Crippen MR) is 48.4 cm³/mol. The van der Waals surface area contributed by atoms with E-state index < -0.39 is 9.84 Å². The molecule has 0 unspecified atom stereocenters. The fraction of sp³-hybridized carbons (Fsp3) is 0.333. The molecule has 2 heterocycles. The zero-order valence-electron chi connectivity index (χ0n) is 6.29. The maximum absolute atomic E-state index is 11.2. The third-order valence-corrected chi connectivity index (χ3v) is 3.66. The van der Waals surface area contributed by atoms with Crippen LogP contribution in [-0.4, -0.2) is 18.4 Å². The third kappa shape index (κ3) is 1.63. The van der Waals surface area contributed by atoms with E-state index in [2.05, 4.69) is 9.97 Å². The highest BCUT2D eigenvalue weighted by Gasteiger charge is 2.29. The van der Waals surface area contributed by atoms with Crippen molar-refractivity contribution in [2.45, 2.75) is 11.5 Å². The summed E-state index contributed by atoms with van der Waals surface area (Å²) in [7, 11) is -3.09. The van der Waals surface area contributed by atoms with Crippen LogP contribution in [0.15, 0.2) is 0 Å². The maximum Gasteiger partial charge on any atom is 0.224 e. The Hall–Kier alpha value is -0.390. The minimum Gasteiger partial charge on any atom is -0.228 e. The van der Waals surface area contributed by atoms with E-state index in [0.29, 0.717) is 11.3 Å². The Morgan fingerprint density at radius 2 is 1.85 bits per heavy atom. The molecule has 0 spiro atoms. The van der Waals surface area contributed by atoms with Gasteiger partial charge in [-0.1, -0.05) is 11.6 Å². The molecule has 1 aromatic rings. The van der Waals surface area contributed by atoms with Crippen molar-refractivity contribution in [3.05, 3.63) is 21.7 Å². The van der Waals surface area contributed by atoms with Crippen LogP contribution in [0.5, 0.6) is 0 Å². The van der Waals surface area contributed by atoms with Crippen molar-refractivity contribution < 1.29 is 8.42 Å². The average Bonchev–Trinajstić information content (AvgIpc) is 2.23. The van der Waals surface area contributed by atoms with Crippen molar-refractivity contribution >= 4 is 33.0 Å². The van der Waals surface area contributed by atoms with Crippen LogP contribution < -0.4 is 0 Å². The summed E-state index contributed by atoms with van der Waals surface area (Å²) in [5, 5.41) is 0.122. The molecule has 0 aromatic carbocycles. The Kier molecular flexibility index (Phi) is 1.98. The van der Waals surface area contributed by atoms with Gasteiger partial charge in [0.05, 0.1) is 17.2 Å². The van der Waals surface area contributed by atoms with Crippen LogP contribution in [0.3, 0.4) is 0 Å². The molecule has 70 valence electrons. The predicted octanol–water partition coefficient (Wildman–Crippen LogP) is 1.21. The number of hydrogen-bond donors (Lipinski definition) is 0. The first-order valence-corrected chi connectivity index (χ1v) is 5.97. The molecule has 0 N–H and O–H groups in total. The molecule has 0 saturated heterocycles. The van der Waals surface area contributed by atoms with E-state index in [9.17, 15) is 8.42 Å². The molecule has 7 heteroatoms. The largest absolute Gasteiger partial charge is 0.228 e. The van der Waals surface area contributed by atoms with Gasteiger partial charge in [0.25, 0.3) is 0 Å². The molecule has 2 rings (SSSR count). The summed E-state index contributed by atoms with van der Waals surface area (Å²) < 4.78 is 22.4. The second kappa shape index (κ2) is 2.80. The fourth-order valence-electron chi connectivity index (χ4n) is 1.21. The number of sulfone groups is 1. The van der Waals surface area contributed by atoms with Crippen molar-refractivity contribution in [3.63, 3.8) is 0 Å².